The second kappa shape index (κ2) is 10.5. The minimum atomic E-state index is -0.347. The molecule has 0 radical (unpaired) electrons. The zero-order chi connectivity index (χ0) is 23.2. The Morgan fingerprint density at radius 3 is 2.45 bits per heavy atom. The van der Waals surface area contributed by atoms with Crippen molar-refractivity contribution in [2.24, 2.45) is 0 Å². The van der Waals surface area contributed by atoms with Gasteiger partial charge in [0.05, 0.1) is 6.54 Å². The van der Waals surface area contributed by atoms with E-state index in [9.17, 15) is 14.0 Å². The zero-order valence-electron chi connectivity index (χ0n) is 18.3. The van der Waals surface area contributed by atoms with E-state index in [0.717, 1.165) is 16.3 Å². The molecule has 1 fully saturated rings. The number of hydrogen-bond acceptors (Lipinski definition) is 6. The molecule has 3 aromatic rings. The lowest BCUT2D eigenvalue weighted by molar-refractivity contribution is -0.117. The monoisotopic (exact) mass is 468 g/mol. The predicted molar refractivity (Wildman–Crippen MR) is 125 cm³/mol. The number of carbonyl (C=O) groups is 2. The summed E-state index contributed by atoms with van der Waals surface area (Å²) in [6, 6.07) is 13.5. The highest BCUT2D eigenvalue weighted by atomic mass is 32.1. The number of nitrogens with zero attached hydrogens (tertiary/aromatic N) is 3. The van der Waals surface area contributed by atoms with Gasteiger partial charge in [-0.3, -0.25) is 14.5 Å². The molecule has 1 aliphatic heterocycles. The Bertz CT molecular complexity index is 1090. The van der Waals surface area contributed by atoms with E-state index in [0.29, 0.717) is 44.2 Å². The van der Waals surface area contributed by atoms with E-state index in [1.54, 1.807) is 10.3 Å². The van der Waals surface area contributed by atoms with Crippen LogP contribution >= 0.6 is 11.3 Å². The van der Waals surface area contributed by atoms with E-state index in [4.69, 9.17) is 4.74 Å². The lowest BCUT2D eigenvalue weighted by Gasteiger charge is -2.33. The number of thiazole rings is 1. The summed E-state index contributed by atoms with van der Waals surface area (Å²) in [5, 5.41) is 5.27. The number of amides is 2. The van der Waals surface area contributed by atoms with Crippen LogP contribution in [0.15, 0.2) is 53.9 Å². The van der Waals surface area contributed by atoms with Gasteiger partial charge in [0.25, 0.3) is 5.91 Å². The summed E-state index contributed by atoms with van der Waals surface area (Å²) in [6.07, 6.45) is 0. The van der Waals surface area contributed by atoms with Crippen molar-refractivity contribution in [3.05, 3.63) is 76.0 Å². The largest absolute Gasteiger partial charge is 0.486 e. The fourth-order valence-corrected chi connectivity index (χ4v) is 4.14. The van der Waals surface area contributed by atoms with Crippen LogP contribution in [0.2, 0.25) is 0 Å². The van der Waals surface area contributed by atoms with Crippen molar-refractivity contribution in [3.8, 4) is 5.75 Å². The molecule has 0 bridgehead atoms. The number of ether oxygens (including phenoxy) is 1. The number of aromatic nitrogens is 1. The summed E-state index contributed by atoms with van der Waals surface area (Å²) >= 11 is 1.40. The van der Waals surface area contributed by atoms with Crippen LogP contribution in [0.25, 0.3) is 0 Å². The third-order valence-corrected chi connectivity index (χ3v) is 6.13. The van der Waals surface area contributed by atoms with Crippen LogP contribution in [0.3, 0.4) is 0 Å². The Morgan fingerprint density at radius 2 is 1.76 bits per heavy atom. The van der Waals surface area contributed by atoms with Crippen molar-refractivity contribution in [3.63, 3.8) is 0 Å². The van der Waals surface area contributed by atoms with Crippen LogP contribution in [0, 0.1) is 12.7 Å². The average molecular weight is 469 g/mol. The van der Waals surface area contributed by atoms with E-state index >= 15 is 0 Å². The minimum Gasteiger partial charge on any atom is -0.486 e. The molecule has 172 valence electrons. The molecule has 2 heterocycles. The number of carbonyl (C=O) groups excluding carboxylic acids is 2. The van der Waals surface area contributed by atoms with Gasteiger partial charge < -0.3 is 15.0 Å². The molecule has 0 aliphatic carbocycles. The molecule has 9 heteroatoms. The van der Waals surface area contributed by atoms with Gasteiger partial charge in [-0.05, 0) is 43.3 Å². The average Bonchev–Trinajstić information content (AvgIpc) is 3.29. The van der Waals surface area contributed by atoms with E-state index in [-0.39, 0.29) is 24.2 Å². The van der Waals surface area contributed by atoms with Crippen LogP contribution in [0.5, 0.6) is 5.75 Å². The quantitative estimate of drug-likeness (QED) is 0.574. The standard InChI is InChI=1S/C24H25FN4O3S/c1-17-2-8-20(9-3-17)32-15-23-27-21(16-33-23)24(31)29-12-10-28(11-13-29)14-22(30)26-19-6-4-18(25)5-7-19/h2-9,16H,10-15H2,1H3,(H,26,30). The number of hydrogen-bond donors (Lipinski definition) is 1. The lowest BCUT2D eigenvalue weighted by Crippen LogP contribution is -2.50. The highest BCUT2D eigenvalue weighted by Crippen LogP contribution is 2.18. The molecular formula is C24H25FN4O3S. The first-order valence-corrected chi connectivity index (χ1v) is 11.5. The number of benzene rings is 2. The molecule has 4 rings (SSSR count). The number of piperazine rings is 1. The Morgan fingerprint density at radius 1 is 1.06 bits per heavy atom. The number of anilines is 1. The molecule has 0 atom stereocenters. The number of nitrogens with one attached hydrogen (secondary N) is 1. The van der Waals surface area contributed by atoms with E-state index in [1.165, 1.54) is 35.6 Å². The van der Waals surface area contributed by atoms with Crippen LogP contribution in [-0.2, 0) is 11.4 Å². The van der Waals surface area contributed by atoms with Crippen LogP contribution in [0.4, 0.5) is 10.1 Å². The molecule has 0 unspecified atom stereocenters. The molecule has 2 aromatic carbocycles. The second-order valence-electron chi connectivity index (χ2n) is 7.85. The molecule has 1 saturated heterocycles. The highest BCUT2D eigenvalue weighted by Gasteiger charge is 2.25. The van der Waals surface area contributed by atoms with Gasteiger partial charge in [0.1, 0.15) is 28.9 Å². The molecule has 1 aromatic heterocycles. The molecular weight excluding hydrogens is 443 g/mol. The summed E-state index contributed by atoms with van der Waals surface area (Å²) in [5.41, 5.74) is 2.14. The van der Waals surface area contributed by atoms with Crippen molar-refractivity contribution >= 4 is 28.8 Å². The van der Waals surface area contributed by atoms with E-state index in [2.05, 4.69) is 10.3 Å². The number of rotatable bonds is 7. The number of halogens is 1. The maximum absolute atomic E-state index is 13.0. The van der Waals surface area contributed by atoms with E-state index in [1.807, 2.05) is 36.1 Å². The van der Waals surface area contributed by atoms with Crippen molar-refractivity contribution < 1.29 is 18.7 Å². The summed E-state index contributed by atoms with van der Waals surface area (Å²) in [6.45, 7) is 4.79. The fraction of sp³-hybridized carbons (Fsp3) is 0.292. The molecule has 7 nitrogen and oxygen atoms in total. The van der Waals surface area contributed by atoms with Gasteiger partial charge in [-0.15, -0.1) is 11.3 Å². The third-order valence-electron chi connectivity index (χ3n) is 5.31. The van der Waals surface area contributed by atoms with Gasteiger partial charge in [-0.25, -0.2) is 9.37 Å². The molecule has 33 heavy (non-hydrogen) atoms. The lowest BCUT2D eigenvalue weighted by atomic mass is 10.2. The predicted octanol–water partition coefficient (Wildman–Crippen LogP) is 3.57. The first-order valence-electron chi connectivity index (χ1n) is 10.7. The fourth-order valence-electron chi connectivity index (χ4n) is 3.46. The molecule has 2 amide bonds. The van der Waals surface area contributed by atoms with E-state index < -0.39 is 0 Å². The topological polar surface area (TPSA) is 74.8 Å². The van der Waals surface area contributed by atoms with Gasteiger partial charge in [0, 0.05) is 37.2 Å². The molecule has 0 spiro atoms. The first-order chi connectivity index (χ1) is 16.0. The first kappa shape index (κ1) is 22.9. The molecule has 0 saturated carbocycles. The van der Waals surface area contributed by atoms with Crippen LogP contribution < -0.4 is 10.1 Å². The molecule has 1 aliphatic rings. The maximum atomic E-state index is 13.0. The minimum absolute atomic E-state index is 0.108. The maximum Gasteiger partial charge on any atom is 0.273 e. The summed E-state index contributed by atoms with van der Waals surface area (Å²) in [5.74, 6) is 0.144. The second-order valence-corrected chi connectivity index (χ2v) is 8.79. The Kier molecular flexibility index (Phi) is 7.31. The number of aryl methyl sites for hydroxylation is 1. The smallest absolute Gasteiger partial charge is 0.273 e. The third kappa shape index (κ3) is 6.36. The summed E-state index contributed by atoms with van der Waals surface area (Å²) in [7, 11) is 0. The summed E-state index contributed by atoms with van der Waals surface area (Å²) < 4.78 is 18.7. The van der Waals surface area contributed by atoms with Crippen molar-refractivity contribution in [2.45, 2.75) is 13.5 Å². The summed E-state index contributed by atoms with van der Waals surface area (Å²) in [4.78, 5) is 33.2. The van der Waals surface area contributed by atoms with Crippen molar-refractivity contribution in [1.29, 1.82) is 0 Å². The van der Waals surface area contributed by atoms with Crippen molar-refractivity contribution in [2.75, 3.05) is 38.0 Å². The van der Waals surface area contributed by atoms with Crippen LogP contribution in [-0.4, -0.2) is 59.3 Å². The highest BCUT2D eigenvalue weighted by molar-refractivity contribution is 7.09. The SMILES string of the molecule is Cc1ccc(OCc2nc(C(=O)N3CCN(CC(=O)Nc4ccc(F)cc4)CC3)cs2)cc1. The molecule has 1 N–H and O–H groups in total. The zero-order valence-corrected chi connectivity index (χ0v) is 19.1. The van der Waals surface area contributed by atoms with Gasteiger partial charge in [-0.1, -0.05) is 17.7 Å². The Labute approximate surface area is 195 Å². The van der Waals surface area contributed by atoms with Gasteiger partial charge >= 0.3 is 0 Å². The van der Waals surface area contributed by atoms with Gasteiger partial charge in [0.2, 0.25) is 5.91 Å². The van der Waals surface area contributed by atoms with Crippen LogP contribution in [0.1, 0.15) is 21.1 Å². The Balaban J connectivity index is 1.22. The Hall–Kier alpha value is -3.30. The van der Waals surface area contributed by atoms with Gasteiger partial charge in [-0.2, -0.15) is 0 Å². The van der Waals surface area contributed by atoms with Crippen molar-refractivity contribution in [1.82, 2.24) is 14.8 Å². The van der Waals surface area contributed by atoms with Gasteiger partial charge in [0.15, 0.2) is 0 Å². The normalized spacial score (nSPS) is 14.2.